The van der Waals surface area contributed by atoms with Gasteiger partial charge < -0.3 is 5.32 Å². The molecule has 5 nitrogen and oxygen atoms in total. The van der Waals surface area contributed by atoms with E-state index < -0.39 is 0 Å². The van der Waals surface area contributed by atoms with Gasteiger partial charge in [-0.3, -0.25) is 0 Å². The average Bonchev–Trinajstić information content (AvgIpc) is 2.85. The summed E-state index contributed by atoms with van der Waals surface area (Å²) in [5, 5.41) is 7.89. The van der Waals surface area contributed by atoms with Crippen LogP contribution in [-0.4, -0.2) is 19.6 Å². The highest BCUT2D eigenvalue weighted by Gasteiger charge is 2.12. The van der Waals surface area contributed by atoms with Crippen LogP contribution < -0.4 is 5.32 Å². The molecule has 0 fully saturated rings. The number of hydrogen-bond donors (Lipinski definition) is 1. The van der Waals surface area contributed by atoms with E-state index in [4.69, 9.17) is 11.6 Å². The number of nitrogens with zero attached hydrogens (tertiary/aromatic N) is 4. The molecular weight excluding hydrogens is 330 g/mol. The minimum atomic E-state index is 0.515. The minimum Gasteiger partial charge on any atom is -0.339 e. The molecular formula is C12H9BrClN5. The van der Waals surface area contributed by atoms with Crippen molar-refractivity contribution in [3.63, 3.8) is 0 Å². The van der Waals surface area contributed by atoms with Gasteiger partial charge in [0.15, 0.2) is 5.82 Å². The van der Waals surface area contributed by atoms with Gasteiger partial charge in [0.25, 0.3) is 5.78 Å². The lowest BCUT2D eigenvalue weighted by atomic mass is 10.3. The summed E-state index contributed by atoms with van der Waals surface area (Å²) in [5.74, 6) is 1.17. The molecule has 2 aromatic heterocycles. The largest absolute Gasteiger partial charge is 0.339 e. The van der Waals surface area contributed by atoms with Crippen LogP contribution in [0.4, 0.5) is 11.5 Å². The monoisotopic (exact) mass is 337 g/mol. The number of aromatic nitrogens is 4. The van der Waals surface area contributed by atoms with Crippen LogP contribution >= 0.6 is 27.5 Å². The molecule has 0 radical (unpaired) electrons. The van der Waals surface area contributed by atoms with Crippen LogP contribution in [-0.2, 0) is 0 Å². The Morgan fingerprint density at radius 2 is 2.00 bits per heavy atom. The first-order valence-electron chi connectivity index (χ1n) is 5.53. The maximum Gasteiger partial charge on any atom is 0.254 e. The molecule has 3 aromatic rings. The Bertz CT molecular complexity index is 738. The van der Waals surface area contributed by atoms with Gasteiger partial charge in [0.05, 0.1) is 5.69 Å². The normalized spacial score (nSPS) is 10.9. The number of rotatable bonds is 2. The van der Waals surface area contributed by atoms with E-state index in [1.807, 2.05) is 31.2 Å². The predicted octanol–water partition coefficient (Wildman–Crippen LogP) is 3.59. The molecule has 2 heterocycles. The zero-order valence-electron chi connectivity index (χ0n) is 9.93. The van der Waals surface area contributed by atoms with Crippen molar-refractivity contribution in [1.82, 2.24) is 19.6 Å². The molecule has 3 rings (SSSR count). The third-order valence-electron chi connectivity index (χ3n) is 2.64. The summed E-state index contributed by atoms with van der Waals surface area (Å²) in [4.78, 5) is 8.33. The van der Waals surface area contributed by atoms with Crippen LogP contribution in [0.2, 0.25) is 5.02 Å². The van der Waals surface area contributed by atoms with Crippen molar-refractivity contribution in [2.24, 2.45) is 0 Å². The Morgan fingerprint density at radius 1 is 1.26 bits per heavy atom. The lowest BCUT2D eigenvalue weighted by Gasteiger charge is -2.11. The molecule has 0 saturated heterocycles. The summed E-state index contributed by atoms with van der Waals surface area (Å²) in [6.07, 6.45) is 1.45. The summed E-state index contributed by atoms with van der Waals surface area (Å²) in [6.45, 7) is 1.84. The maximum absolute atomic E-state index is 6.29. The third kappa shape index (κ3) is 2.29. The summed E-state index contributed by atoms with van der Waals surface area (Å²) in [6, 6.07) is 7.78. The van der Waals surface area contributed by atoms with Crippen LogP contribution in [0.25, 0.3) is 5.78 Å². The van der Waals surface area contributed by atoms with Gasteiger partial charge in [0.2, 0.25) is 0 Å². The first kappa shape index (κ1) is 12.4. The lowest BCUT2D eigenvalue weighted by Crippen LogP contribution is -2.04. The molecule has 1 N–H and O–H groups in total. The van der Waals surface area contributed by atoms with Crippen LogP contribution in [0.5, 0.6) is 0 Å². The van der Waals surface area contributed by atoms with Gasteiger partial charge in [-0.15, -0.1) is 0 Å². The Kier molecular flexibility index (Phi) is 3.12. The van der Waals surface area contributed by atoms with Crippen molar-refractivity contribution in [2.45, 2.75) is 6.92 Å². The van der Waals surface area contributed by atoms with Crippen molar-refractivity contribution >= 4 is 44.8 Å². The Hall–Kier alpha value is -1.66. The minimum absolute atomic E-state index is 0.515. The maximum atomic E-state index is 6.29. The van der Waals surface area contributed by atoms with E-state index in [2.05, 4.69) is 36.3 Å². The van der Waals surface area contributed by atoms with E-state index in [1.54, 1.807) is 4.52 Å². The Morgan fingerprint density at radius 3 is 2.74 bits per heavy atom. The second kappa shape index (κ2) is 4.79. The fourth-order valence-corrected chi connectivity index (χ4v) is 2.14. The third-order valence-corrected chi connectivity index (χ3v) is 3.62. The molecule has 0 aliphatic heterocycles. The molecule has 0 bridgehead atoms. The quantitative estimate of drug-likeness (QED) is 0.776. The number of halogens is 2. The van der Waals surface area contributed by atoms with Gasteiger partial charge in [0.1, 0.15) is 11.3 Å². The SMILES string of the molecule is Cc1nc2ncnn2c(Nc2ccc(Br)cc2)c1Cl. The summed E-state index contributed by atoms with van der Waals surface area (Å²) in [5.41, 5.74) is 1.62. The van der Waals surface area contributed by atoms with E-state index in [9.17, 15) is 0 Å². The number of fused-ring (bicyclic) bond motifs is 1. The zero-order valence-corrected chi connectivity index (χ0v) is 12.3. The van der Waals surface area contributed by atoms with Gasteiger partial charge in [-0.1, -0.05) is 27.5 Å². The van der Waals surface area contributed by atoms with Crippen molar-refractivity contribution in [3.05, 3.63) is 45.8 Å². The van der Waals surface area contributed by atoms with Gasteiger partial charge in [0, 0.05) is 10.2 Å². The molecule has 0 aliphatic rings. The topological polar surface area (TPSA) is 55.1 Å². The molecule has 0 aliphatic carbocycles. The van der Waals surface area contributed by atoms with E-state index in [0.717, 1.165) is 10.2 Å². The Balaban J connectivity index is 2.11. The van der Waals surface area contributed by atoms with E-state index in [1.165, 1.54) is 6.33 Å². The Labute approximate surface area is 122 Å². The fraction of sp³-hybridized carbons (Fsp3) is 0.0833. The van der Waals surface area contributed by atoms with Gasteiger partial charge in [-0.05, 0) is 31.2 Å². The van der Waals surface area contributed by atoms with Crippen LogP contribution in [0.1, 0.15) is 5.69 Å². The van der Waals surface area contributed by atoms with Crippen molar-refractivity contribution in [3.8, 4) is 0 Å². The average molecular weight is 339 g/mol. The van der Waals surface area contributed by atoms with Crippen LogP contribution in [0.15, 0.2) is 35.1 Å². The van der Waals surface area contributed by atoms with Gasteiger partial charge in [-0.25, -0.2) is 4.98 Å². The smallest absolute Gasteiger partial charge is 0.254 e. The highest BCUT2D eigenvalue weighted by molar-refractivity contribution is 9.10. The van der Waals surface area contributed by atoms with Gasteiger partial charge in [-0.2, -0.15) is 14.6 Å². The second-order valence-electron chi connectivity index (χ2n) is 3.96. The van der Waals surface area contributed by atoms with E-state index in [-0.39, 0.29) is 0 Å². The molecule has 19 heavy (non-hydrogen) atoms. The zero-order chi connectivity index (χ0) is 13.4. The number of hydrogen-bond acceptors (Lipinski definition) is 4. The first-order valence-corrected chi connectivity index (χ1v) is 6.70. The molecule has 1 aromatic carbocycles. The highest BCUT2D eigenvalue weighted by atomic mass is 79.9. The molecule has 96 valence electrons. The van der Waals surface area contributed by atoms with E-state index >= 15 is 0 Å². The van der Waals surface area contributed by atoms with Crippen molar-refractivity contribution < 1.29 is 0 Å². The lowest BCUT2D eigenvalue weighted by molar-refractivity contribution is 0.937. The number of nitrogens with one attached hydrogen (secondary N) is 1. The molecule has 0 unspecified atom stereocenters. The van der Waals surface area contributed by atoms with Crippen LogP contribution in [0, 0.1) is 6.92 Å². The molecule has 0 spiro atoms. The number of aryl methyl sites for hydroxylation is 1. The van der Waals surface area contributed by atoms with Gasteiger partial charge >= 0.3 is 0 Å². The number of anilines is 2. The molecule has 0 saturated carbocycles. The standard InChI is InChI=1S/C12H9BrClN5/c1-7-10(14)11(19-12(17-7)15-6-16-19)18-9-4-2-8(13)3-5-9/h2-6,18H,1H3. The predicted molar refractivity (Wildman–Crippen MR) is 78.0 cm³/mol. The number of benzene rings is 1. The second-order valence-corrected chi connectivity index (χ2v) is 5.26. The fourth-order valence-electron chi connectivity index (χ4n) is 1.71. The summed E-state index contributed by atoms with van der Waals surface area (Å²) >= 11 is 9.69. The molecule has 0 atom stereocenters. The van der Waals surface area contributed by atoms with Crippen molar-refractivity contribution in [2.75, 3.05) is 5.32 Å². The summed E-state index contributed by atoms with van der Waals surface area (Å²) < 4.78 is 2.60. The molecule has 0 amide bonds. The summed E-state index contributed by atoms with van der Waals surface area (Å²) in [7, 11) is 0. The van der Waals surface area contributed by atoms with Crippen LogP contribution in [0.3, 0.4) is 0 Å². The first-order chi connectivity index (χ1) is 9.15. The highest BCUT2D eigenvalue weighted by Crippen LogP contribution is 2.28. The van der Waals surface area contributed by atoms with Crippen molar-refractivity contribution in [1.29, 1.82) is 0 Å². The van der Waals surface area contributed by atoms with E-state index in [0.29, 0.717) is 22.3 Å². The molecule has 7 heteroatoms.